The molecule has 7 rings (SSSR count). The molecule has 1 heterocycles. The molecule has 0 saturated heterocycles. The molecule has 0 atom stereocenters. The molecule has 28 heteroatoms. The molecular weight excluding hydrogens is 1150 g/mol. The van der Waals surface area contributed by atoms with Crippen LogP contribution in [-0.4, -0.2) is 23.6 Å². The summed E-state index contributed by atoms with van der Waals surface area (Å²) in [5.74, 6) is 0.0776. The van der Waals surface area contributed by atoms with Crippen molar-refractivity contribution < 1.29 is 120 Å². The van der Waals surface area contributed by atoms with Crippen molar-refractivity contribution >= 4 is 50.8 Å². The first kappa shape index (κ1) is 62.7. The van der Waals surface area contributed by atoms with Crippen LogP contribution in [0.5, 0.6) is 0 Å². The quantitative estimate of drug-likeness (QED) is 0.0642. The number of nitrogens with zero attached hydrogens (tertiary/aromatic N) is 1. The number of benzene rings is 6. The summed E-state index contributed by atoms with van der Waals surface area (Å²) >= 11 is 0. The van der Waals surface area contributed by atoms with Crippen LogP contribution in [0.3, 0.4) is 0 Å². The lowest BCUT2D eigenvalue weighted by atomic mass is 9.12. The number of fused-ring (bicyclic) bond motifs is 1. The lowest BCUT2D eigenvalue weighted by Crippen LogP contribution is -2.75. The second kappa shape index (κ2) is 22.4. The molecular formula is C53H32BF24NO2. The zero-order valence-corrected chi connectivity index (χ0v) is 40.0. The Hall–Kier alpha value is -7.52. The monoisotopic (exact) mass is 1180 g/mol. The molecule has 7 aromatic rings. The van der Waals surface area contributed by atoms with Crippen molar-refractivity contribution in [1.29, 1.82) is 0 Å². The summed E-state index contributed by atoms with van der Waals surface area (Å²) in [5, 5.41) is 10.1. The molecule has 81 heavy (non-hydrogen) atoms. The number of rotatable bonds is 10. The fraction of sp³-hybridized carbons (Fsp3) is 0.208. The van der Waals surface area contributed by atoms with Gasteiger partial charge in [-0.3, -0.25) is 4.79 Å². The van der Waals surface area contributed by atoms with Crippen LogP contribution in [0.15, 0.2) is 146 Å². The van der Waals surface area contributed by atoms with Gasteiger partial charge in [0.25, 0.3) is 0 Å². The number of carbonyl (C=O) groups is 1. The van der Waals surface area contributed by atoms with E-state index in [0.717, 1.165) is 16.6 Å². The Bertz CT molecular complexity index is 3000. The van der Waals surface area contributed by atoms with Crippen molar-refractivity contribution in [2.24, 2.45) is 0 Å². The number of hydrogen-bond donors (Lipinski definition) is 1. The summed E-state index contributed by atoms with van der Waals surface area (Å²) in [6.07, 6.45) is -50.3. The minimum absolute atomic E-state index is 0.0776. The van der Waals surface area contributed by atoms with Crippen LogP contribution < -0.4 is 26.4 Å². The average molecular weight is 1180 g/mol. The Balaban J connectivity index is 0.000000363. The summed E-state index contributed by atoms with van der Waals surface area (Å²) in [6, 6.07) is 12.6. The molecule has 0 aliphatic heterocycles. The van der Waals surface area contributed by atoms with E-state index in [2.05, 4.69) is 6.07 Å². The largest absolute Gasteiger partial charge is 0.416 e. The number of para-hydroxylation sites is 1. The van der Waals surface area contributed by atoms with Gasteiger partial charge in [-0.1, -0.05) is 97.1 Å². The summed E-state index contributed by atoms with van der Waals surface area (Å²) in [7, 11) is 0. The van der Waals surface area contributed by atoms with Gasteiger partial charge in [0.2, 0.25) is 23.5 Å². The molecule has 1 aromatic heterocycles. The van der Waals surface area contributed by atoms with Gasteiger partial charge in [-0.25, -0.2) is 0 Å². The Labute approximate surface area is 440 Å². The van der Waals surface area contributed by atoms with E-state index in [9.17, 15) is 110 Å². The fourth-order valence-corrected chi connectivity index (χ4v) is 8.81. The number of aromatic nitrogens is 1. The normalized spacial score (nSPS) is 13.4. The Morgan fingerprint density at radius 1 is 0.395 bits per heavy atom. The summed E-state index contributed by atoms with van der Waals surface area (Å²) in [4.78, 5) is 12.7. The number of Topliss-reactive ketones (excluding diaryl/α,β-unsaturated/α-hetero) is 1. The Morgan fingerprint density at radius 2 is 0.691 bits per heavy atom. The first-order valence-corrected chi connectivity index (χ1v) is 22.7. The highest BCUT2D eigenvalue weighted by Crippen LogP contribution is 2.41. The molecule has 0 amide bonds. The van der Waals surface area contributed by atoms with Gasteiger partial charge >= 0.3 is 49.4 Å². The van der Waals surface area contributed by atoms with Gasteiger partial charge in [0.05, 0.1) is 44.5 Å². The predicted octanol–water partition coefficient (Wildman–Crippen LogP) is 14.6. The Morgan fingerprint density at radius 3 is 0.988 bits per heavy atom. The van der Waals surface area contributed by atoms with E-state index in [4.69, 9.17) is 5.11 Å². The number of halogens is 24. The van der Waals surface area contributed by atoms with Crippen LogP contribution in [0, 0.1) is 0 Å². The summed E-state index contributed by atoms with van der Waals surface area (Å²) in [5.41, 5.74) is -27.5. The maximum absolute atomic E-state index is 14.2. The number of alkyl halides is 24. The highest BCUT2D eigenvalue weighted by atomic mass is 19.4. The van der Waals surface area contributed by atoms with Crippen LogP contribution in [0.2, 0.25) is 0 Å². The maximum atomic E-state index is 14.2. The molecule has 0 fully saturated rings. The third kappa shape index (κ3) is 14.5. The zero-order chi connectivity index (χ0) is 60.7. The van der Waals surface area contributed by atoms with Crippen LogP contribution in [0.25, 0.3) is 17.0 Å². The Kier molecular flexibility index (Phi) is 17.4. The smallest absolute Gasteiger partial charge is 0.396 e. The van der Waals surface area contributed by atoms with E-state index < -0.39 is 195 Å². The van der Waals surface area contributed by atoms with E-state index in [0.29, 0.717) is 12.0 Å². The van der Waals surface area contributed by atoms with Crippen LogP contribution in [-0.2, 0) is 56.0 Å². The van der Waals surface area contributed by atoms with E-state index >= 15 is 0 Å². The van der Waals surface area contributed by atoms with E-state index in [1.54, 1.807) is 0 Å². The molecule has 0 unspecified atom stereocenters. The number of hydrogen-bond acceptors (Lipinski definition) is 2. The zero-order valence-electron chi connectivity index (χ0n) is 40.0. The van der Waals surface area contributed by atoms with Crippen LogP contribution in [0.1, 0.15) is 67.0 Å². The molecule has 0 saturated carbocycles. The summed E-state index contributed by atoms with van der Waals surface area (Å²) < 4.78 is 343. The molecule has 6 aromatic carbocycles. The van der Waals surface area contributed by atoms with Crippen molar-refractivity contribution in [3.05, 3.63) is 201 Å². The van der Waals surface area contributed by atoms with Crippen molar-refractivity contribution in [3.63, 3.8) is 0 Å². The number of ketones is 1. The highest BCUT2D eigenvalue weighted by Gasteiger charge is 2.47. The second-order valence-electron chi connectivity index (χ2n) is 17.8. The van der Waals surface area contributed by atoms with Crippen LogP contribution in [0.4, 0.5) is 105 Å². The second-order valence-corrected chi connectivity index (χ2v) is 17.8. The van der Waals surface area contributed by atoms with Crippen molar-refractivity contribution in [2.75, 3.05) is 6.61 Å². The first-order valence-electron chi connectivity index (χ1n) is 22.7. The molecule has 0 spiro atoms. The molecule has 0 aliphatic carbocycles. The number of carbonyl (C=O) groups excluding carboxylic acids is 1. The van der Waals surface area contributed by atoms with Crippen molar-refractivity contribution in [2.45, 2.75) is 62.4 Å². The molecule has 0 aliphatic rings. The molecule has 0 bridgehead atoms. The standard InChI is InChI=1S/C32H12BF24.C21H20NO2/c34-25(35,36)13-1-14(26(37,38)39)6-21(5-13)33(22-7-15(27(40,41)42)2-16(8-22)28(43,44)45,23-9-17(29(46,47)48)3-18(10-23)30(49,50)51)24-11-19(31(52,53)54)4-20(12-24)32(55,56)57;23-15-7-6-11-19-14-13-17-8-4-5-12-20(17)22(19)16-21(24)18-9-2-1-3-10-18/h1-12H;1-6,8-14,23H,7,15-16H2/q-1;+1. The summed E-state index contributed by atoms with van der Waals surface area (Å²) in [6.45, 7) is 0.400. The van der Waals surface area contributed by atoms with Gasteiger partial charge in [-0.05, 0) is 42.8 Å². The average Bonchev–Trinajstić information content (AvgIpc) is 3.35. The van der Waals surface area contributed by atoms with E-state index in [1.165, 1.54) is 0 Å². The molecule has 432 valence electrons. The van der Waals surface area contributed by atoms with Gasteiger partial charge in [0.15, 0.2) is 0 Å². The minimum atomic E-state index is -6.13. The number of aliphatic hydroxyl groups is 1. The molecule has 1 N–H and O–H groups in total. The first-order chi connectivity index (χ1) is 37.1. The predicted molar refractivity (Wildman–Crippen MR) is 246 cm³/mol. The maximum Gasteiger partial charge on any atom is 0.416 e. The van der Waals surface area contributed by atoms with Crippen LogP contribution >= 0.6 is 0 Å². The van der Waals surface area contributed by atoms with Gasteiger partial charge in [-0.15, -0.1) is 0 Å². The van der Waals surface area contributed by atoms with E-state index in [1.807, 2.05) is 77.4 Å². The van der Waals surface area contributed by atoms with Crippen molar-refractivity contribution in [1.82, 2.24) is 0 Å². The lowest BCUT2D eigenvalue weighted by molar-refractivity contribution is -0.658. The number of pyridine rings is 1. The van der Waals surface area contributed by atoms with Gasteiger partial charge < -0.3 is 5.11 Å². The van der Waals surface area contributed by atoms with Gasteiger partial charge in [-0.2, -0.15) is 132 Å². The topological polar surface area (TPSA) is 41.2 Å². The molecule has 3 nitrogen and oxygen atoms in total. The van der Waals surface area contributed by atoms with E-state index in [-0.39, 0.29) is 18.9 Å². The SMILES string of the molecule is FC(F)(F)c1cc([B-](c2cc(C(F)(F)F)cc(C(F)(F)F)c2)(c2cc(C(F)(F)F)cc(C(F)(F)F)c2)c2cc(C(F)(F)F)cc(C(F)(F)F)c2)cc(C(F)(F)F)c1.O=C(C[n+]1c(C=CCCO)ccc2ccccc21)c1ccccc1. The third-order valence-electron chi connectivity index (χ3n) is 12.4. The molecule has 0 radical (unpaired) electrons. The highest BCUT2D eigenvalue weighted by molar-refractivity contribution is 7.20. The van der Waals surface area contributed by atoms with Gasteiger partial charge in [0, 0.05) is 35.8 Å². The third-order valence-corrected chi connectivity index (χ3v) is 12.4. The lowest BCUT2D eigenvalue weighted by Gasteiger charge is -2.46. The van der Waals surface area contributed by atoms with Gasteiger partial charge in [0.1, 0.15) is 6.15 Å². The fourth-order valence-electron chi connectivity index (χ4n) is 8.81. The van der Waals surface area contributed by atoms with Crippen molar-refractivity contribution in [3.8, 4) is 0 Å². The number of aliphatic hydroxyl groups excluding tert-OH is 1. The minimum Gasteiger partial charge on any atom is -0.396 e.